The van der Waals surface area contributed by atoms with E-state index >= 15 is 0 Å². The van der Waals surface area contributed by atoms with Crippen LogP contribution in [0.3, 0.4) is 0 Å². The third kappa shape index (κ3) is 4.36. The van der Waals surface area contributed by atoms with Gasteiger partial charge >= 0.3 is 11.9 Å². The minimum absolute atomic E-state index is 0.00962. The summed E-state index contributed by atoms with van der Waals surface area (Å²) in [5.74, 6) is -3.64. The van der Waals surface area contributed by atoms with E-state index in [1.54, 1.807) is 6.92 Å². The lowest BCUT2D eigenvalue weighted by Gasteiger charge is -2.44. The maximum Gasteiger partial charge on any atom is 0.315 e. The standard InChI is InChI=1S/C23H26N2O5/c1-23(28)14-17(25-24-16-12-8-5-9-13-16)19(21(26)29-2)18(20(23)22(27)30-3)15-10-6-4-7-11-15/h4-13,18-20,24,28H,14H2,1-3H3/b25-17-/t18-,19-,20+,23+/m1/s1. The summed E-state index contributed by atoms with van der Waals surface area (Å²) in [5, 5.41) is 15.7. The molecule has 0 saturated heterocycles. The number of carbonyl (C=O) groups excluding carboxylic acids is 2. The highest BCUT2D eigenvalue weighted by Gasteiger charge is 2.56. The molecule has 2 aromatic carbocycles. The molecule has 1 aliphatic carbocycles. The SMILES string of the molecule is COC(=O)[C@@H]1/C(=N\Nc2ccccc2)C[C@](C)(O)[C@H](C(=O)OC)[C@@H]1c1ccccc1. The Bertz CT molecular complexity index is 912. The number of para-hydroxylation sites is 1. The molecular formula is C23H26N2O5. The largest absolute Gasteiger partial charge is 0.469 e. The van der Waals surface area contributed by atoms with Crippen molar-refractivity contribution in [2.75, 3.05) is 19.6 Å². The van der Waals surface area contributed by atoms with E-state index in [9.17, 15) is 14.7 Å². The van der Waals surface area contributed by atoms with Gasteiger partial charge in [-0.05, 0) is 24.6 Å². The summed E-state index contributed by atoms with van der Waals surface area (Å²) in [6, 6.07) is 18.4. The molecule has 2 N–H and O–H groups in total. The molecule has 158 valence electrons. The molecule has 0 radical (unpaired) electrons. The molecule has 0 spiro atoms. The zero-order valence-electron chi connectivity index (χ0n) is 17.2. The van der Waals surface area contributed by atoms with Crippen molar-refractivity contribution in [1.29, 1.82) is 0 Å². The smallest absolute Gasteiger partial charge is 0.315 e. The number of carbonyl (C=O) groups is 2. The highest BCUT2D eigenvalue weighted by Crippen LogP contribution is 2.47. The summed E-state index contributed by atoms with van der Waals surface area (Å²) < 4.78 is 10.1. The summed E-state index contributed by atoms with van der Waals surface area (Å²) in [6.07, 6.45) is 0.00962. The van der Waals surface area contributed by atoms with Crippen LogP contribution in [0.5, 0.6) is 0 Å². The van der Waals surface area contributed by atoms with E-state index in [2.05, 4.69) is 10.5 Å². The fraction of sp³-hybridized carbons (Fsp3) is 0.348. The number of nitrogens with zero attached hydrogens (tertiary/aromatic N) is 1. The van der Waals surface area contributed by atoms with Crippen LogP contribution in [-0.4, -0.2) is 42.6 Å². The minimum atomic E-state index is -1.48. The summed E-state index contributed by atoms with van der Waals surface area (Å²) in [5.41, 5.74) is 3.33. The first-order valence-electron chi connectivity index (χ1n) is 9.69. The van der Waals surface area contributed by atoms with E-state index in [4.69, 9.17) is 9.47 Å². The highest BCUT2D eigenvalue weighted by atomic mass is 16.5. The van der Waals surface area contributed by atoms with Crippen molar-refractivity contribution in [3.8, 4) is 0 Å². The van der Waals surface area contributed by atoms with Crippen LogP contribution in [0.4, 0.5) is 5.69 Å². The topological polar surface area (TPSA) is 97.2 Å². The fourth-order valence-corrected chi connectivity index (χ4v) is 4.13. The molecule has 7 heteroatoms. The Hall–Kier alpha value is -3.19. The van der Waals surface area contributed by atoms with E-state index in [1.807, 2.05) is 60.7 Å². The molecule has 0 heterocycles. The van der Waals surface area contributed by atoms with Crippen LogP contribution in [0.25, 0.3) is 0 Å². The summed E-state index contributed by atoms with van der Waals surface area (Å²) in [4.78, 5) is 25.6. The number of rotatable bonds is 5. The first-order chi connectivity index (χ1) is 14.4. The Morgan fingerprint density at radius 1 is 1.00 bits per heavy atom. The molecule has 0 unspecified atom stereocenters. The molecular weight excluding hydrogens is 384 g/mol. The van der Waals surface area contributed by atoms with E-state index in [1.165, 1.54) is 14.2 Å². The zero-order valence-corrected chi connectivity index (χ0v) is 17.2. The van der Waals surface area contributed by atoms with Gasteiger partial charge in [0.2, 0.25) is 0 Å². The van der Waals surface area contributed by atoms with Crippen molar-refractivity contribution in [3.63, 3.8) is 0 Å². The number of esters is 2. The summed E-state index contributed by atoms with van der Waals surface area (Å²) in [6.45, 7) is 1.57. The van der Waals surface area contributed by atoms with E-state index in [0.29, 0.717) is 5.71 Å². The van der Waals surface area contributed by atoms with Gasteiger partial charge in [0.1, 0.15) is 5.92 Å². The molecule has 0 aromatic heterocycles. The number of anilines is 1. The van der Waals surface area contributed by atoms with Crippen molar-refractivity contribution in [2.24, 2.45) is 16.9 Å². The molecule has 7 nitrogen and oxygen atoms in total. The van der Waals surface area contributed by atoms with E-state index in [0.717, 1.165) is 11.3 Å². The van der Waals surface area contributed by atoms with Crippen molar-refractivity contribution in [2.45, 2.75) is 24.9 Å². The fourth-order valence-electron chi connectivity index (χ4n) is 4.13. The van der Waals surface area contributed by atoms with Crippen molar-refractivity contribution >= 4 is 23.3 Å². The van der Waals surface area contributed by atoms with Crippen LogP contribution >= 0.6 is 0 Å². The first-order valence-corrected chi connectivity index (χ1v) is 9.69. The molecule has 4 atom stereocenters. The number of aliphatic hydroxyl groups is 1. The normalized spacial score (nSPS) is 27.3. The molecule has 1 saturated carbocycles. The van der Waals surface area contributed by atoms with Gasteiger partial charge in [-0.2, -0.15) is 5.10 Å². The lowest BCUT2D eigenvalue weighted by molar-refractivity contribution is -0.160. The number of methoxy groups -OCH3 is 2. The monoisotopic (exact) mass is 410 g/mol. The Balaban J connectivity index is 2.12. The van der Waals surface area contributed by atoms with Gasteiger partial charge in [0, 0.05) is 12.3 Å². The first kappa shape index (κ1) is 21.5. The highest BCUT2D eigenvalue weighted by molar-refractivity contribution is 6.06. The van der Waals surface area contributed by atoms with Gasteiger partial charge in [-0.25, -0.2) is 0 Å². The van der Waals surface area contributed by atoms with Crippen LogP contribution in [-0.2, 0) is 19.1 Å². The molecule has 0 bridgehead atoms. The Morgan fingerprint density at radius 3 is 2.13 bits per heavy atom. The molecule has 3 rings (SSSR count). The maximum absolute atomic E-state index is 12.9. The number of hydrogen-bond acceptors (Lipinski definition) is 7. The molecule has 2 aromatic rings. The van der Waals surface area contributed by atoms with Crippen molar-refractivity contribution in [1.82, 2.24) is 0 Å². The summed E-state index contributed by atoms with van der Waals surface area (Å²) in [7, 11) is 2.57. The average molecular weight is 410 g/mol. The van der Waals surface area contributed by atoms with Crippen LogP contribution in [0.2, 0.25) is 0 Å². The summed E-state index contributed by atoms with van der Waals surface area (Å²) >= 11 is 0. The van der Waals surface area contributed by atoms with E-state index in [-0.39, 0.29) is 6.42 Å². The quantitative estimate of drug-likeness (QED) is 0.581. The van der Waals surface area contributed by atoms with Gasteiger partial charge in [-0.3, -0.25) is 15.0 Å². The molecule has 1 aliphatic rings. The minimum Gasteiger partial charge on any atom is -0.469 e. The second-order valence-corrected chi connectivity index (χ2v) is 7.55. The Kier molecular flexibility index (Phi) is 6.52. The van der Waals surface area contributed by atoms with Gasteiger partial charge in [-0.1, -0.05) is 48.5 Å². The predicted molar refractivity (Wildman–Crippen MR) is 113 cm³/mol. The van der Waals surface area contributed by atoms with Gasteiger partial charge < -0.3 is 14.6 Å². The molecule has 1 fully saturated rings. The van der Waals surface area contributed by atoms with Gasteiger partial charge in [-0.15, -0.1) is 0 Å². The lowest BCUT2D eigenvalue weighted by atomic mass is 9.61. The number of ether oxygens (including phenoxy) is 2. The number of hydrogen-bond donors (Lipinski definition) is 2. The number of nitrogens with one attached hydrogen (secondary N) is 1. The average Bonchev–Trinajstić information content (AvgIpc) is 2.77. The predicted octanol–water partition coefficient (Wildman–Crippen LogP) is 2.97. The molecule has 0 aliphatic heterocycles. The third-order valence-corrected chi connectivity index (χ3v) is 5.48. The second kappa shape index (κ2) is 9.09. The van der Waals surface area contributed by atoms with Crippen LogP contribution in [0, 0.1) is 11.8 Å². The zero-order chi connectivity index (χ0) is 21.7. The number of hydrazone groups is 1. The maximum atomic E-state index is 12.9. The third-order valence-electron chi connectivity index (χ3n) is 5.48. The Labute approximate surface area is 175 Å². The lowest BCUT2D eigenvalue weighted by Crippen LogP contribution is -2.55. The van der Waals surface area contributed by atoms with Crippen LogP contribution < -0.4 is 5.43 Å². The van der Waals surface area contributed by atoms with Crippen LogP contribution in [0.1, 0.15) is 24.8 Å². The van der Waals surface area contributed by atoms with Gasteiger partial charge in [0.05, 0.1) is 37.1 Å². The van der Waals surface area contributed by atoms with Gasteiger partial charge in [0.25, 0.3) is 0 Å². The van der Waals surface area contributed by atoms with Crippen molar-refractivity contribution in [3.05, 3.63) is 66.2 Å². The molecule has 0 amide bonds. The Morgan fingerprint density at radius 2 is 1.57 bits per heavy atom. The number of benzene rings is 2. The van der Waals surface area contributed by atoms with E-state index < -0.39 is 35.3 Å². The van der Waals surface area contributed by atoms with Crippen LogP contribution in [0.15, 0.2) is 65.8 Å². The molecule has 30 heavy (non-hydrogen) atoms. The second-order valence-electron chi connectivity index (χ2n) is 7.55. The van der Waals surface area contributed by atoms with Crippen molar-refractivity contribution < 1.29 is 24.2 Å². The van der Waals surface area contributed by atoms with Gasteiger partial charge in [0.15, 0.2) is 0 Å².